The van der Waals surface area contributed by atoms with Gasteiger partial charge in [0, 0.05) is 13.1 Å². The van der Waals surface area contributed by atoms with Gasteiger partial charge in [-0.2, -0.15) is 0 Å². The second-order valence-electron chi connectivity index (χ2n) is 7.22. The number of benzene rings is 3. The summed E-state index contributed by atoms with van der Waals surface area (Å²) in [7, 11) is 1.98. The molecular formula is C25H20N4OS. The van der Waals surface area contributed by atoms with Gasteiger partial charge >= 0.3 is 0 Å². The number of aromatic nitrogens is 3. The Morgan fingerprint density at radius 3 is 2.42 bits per heavy atom. The van der Waals surface area contributed by atoms with Crippen LogP contribution in [-0.2, 0) is 11.8 Å². The molecule has 152 valence electrons. The highest BCUT2D eigenvalue weighted by Crippen LogP contribution is 2.25. The van der Waals surface area contributed by atoms with E-state index in [1.165, 1.54) is 6.08 Å². The molecule has 0 fully saturated rings. The summed E-state index contributed by atoms with van der Waals surface area (Å²) in [4.78, 5) is 22.2. The van der Waals surface area contributed by atoms with Crippen LogP contribution in [0.1, 0.15) is 22.4 Å². The number of imidazole rings is 1. The Balaban J connectivity index is 1.45. The third-order valence-corrected chi connectivity index (χ3v) is 6.19. The number of carbonyl (C=O) groups excluding carboxylic acids is 1. The summed E-state index contributed by atoms with van der Waals surface area (Å²) >= 11 is 1.56. The summed E-state index contributed by atoms with van der Waals surface area (Å²) in [5.74, 6) is 0.592. The lowest BCUT2D eigenvalue weighted by molar-refractivity contribution is -0.117. The molecule has 1 atom stereocenters. The molecular weight excluding hydrogens is 404 g/mol. The van der Waals surface area contributed by atoms with Crippen LogP contribution in [-0.4, -0.2) is 20.4 Å². The monoisotopic (exact) mass is 424 g/mol. The predicted octanol–water partition coefficient (Wildman–Crippen LogP) is 5.10. The summed E-state index contributed by atoms with van der Waals surface area (Å²) < 4.78 is 3.13. The fourth-order valence-corrected chi connectivity index (χ4v) is 4.53. The lowest BCUT2D eigenvalue weighted by Crippen LogP contribution is -2.29. The van der Waals surface area contributed by atoms with E-state index in [1.807, 2.05) is 90.5 Å². The fourth-order valence-electron chi connectivity index (χ4n) is 3.66. The van der Waals surface area contributed by atoms with Gasteiger partial charge in [0.1, 0.15) is 16.9 Å². The maximum absolute atomic E-state index is 12.9. The van der Waals surface area contributed by atoms with E-state index in [0.717, 1.165) is 37.6 Å². The molecule has 0 aliphatic rings. The van der Waals surface area contributed by atoms with Crippen molar-refractivity contribution in [3.63, 3.8) is 0 Å². The molecule has 31 heavy (non-hydrogen) atoms. The zero-order chi connectivity index (χ0) is 21.2. The van der Waals surface area contributed by atoms with E-state index in [2.05, 4.69) is 10.3 Å². The molecule has 5 nitrogen and oxygen atoms in total. The first kappa shape index (κ1) is 19.2. The Morgan fingerprint density at radius 2 is 1.65 bits per heavy atom. The topological polar surface area (TPSA) is 59.8 Å². The Morgan fingerprint density at radius 1 is 0.935 bits per heavy atom. The molecule has 6 heteroatoms. The smallest absolute Gasteiger partial charge is 0.244 e. The molecule has 1 amide bonds. The minimum absolute atomic E-state index is 0.194. The molecule has 0 bridgehead atoms. The van der Waals surface area contributed by atoms with E-state index < -0.39 is 0 Å². The average molecular weight is 425 g/mol. The van der Waals surface area contributed by atoms with E-state index in [0.29, 0.717) is 0 Å². The lowest BCUT2D eigenvalue weighted by Gasteiger charge is -2.18. The second kappa shape index (κ2) is 8.16. The number of hydrogen-bond donors (Lipinski definition) is 1. The predicted molar refractivity (Wildman–Crippen MR) is 126 cm³/mol. The molecule has 0 spiro atoms. The van der Waals surface area contributed by atoms with Gasteiger partial charge in [0.25, 0.3) is 0 Å². The van der Waals surface area contributed by atoms with E-state index in [1.54, 1.807) is 17.4 Å². The van der Waals surface area contributed by atoms with E-state index in [9.17, 15) is 4.79 Å². The molecule has 3 aromatic carbocycles. The molecule has 0 aliphatic carbocycles. The SMILES string of the molecule is Cn1c(C(NC(=O)/C=C/c2nc3ccccc3s2)c2ccccc2)nc2ccccc21. The molecule has 2 heterocycles. The molecule has 0 aliphatic heterocycles. The number of carbonyl (C=O) groups is 1. The van der Waals surface area contributed by atoms with Crippen LogP contribution in [0.2, 0.25) is 0 Å². The van der Waals surface area contributed by atoms with Crippen LogP contribution in [0.5, 0.6) is 0 Å². The molecule has 0 saturated carbocycles. The number of para-hydroxylation sites is 3. The van der Waals surface area contributed by atoms with Crippen molar-refractivity contribution >= 4 is 44.6 Å². The van der Waals surface area contributed by atoms with Gasteiger partial charge in [-0.1, -0.05) is 54.6 Å². The highest BCUT2D eigenvalue weighted by Gasteiger charge is 2.21. The summed E-state index contributed by atoms with van der Waals surface area (Å²) in [6, 6.07) is 25.5. The van der Waals surface area contributed by atoms with Gasteiger partial charge in [-0.15, -0.1) is 11.3 Å². The minimum atomic E-state index is -0.369. The molecule has 0 saturated heterocycles. The van der Waals surface area contributed by atoms with Gasteiger partial charge in [0.05, 0.1) is 21.3 Å². The van der Waals surface area contributed by atoms with Crippen molar-refractivity contribution in [2.75, 3.05) is 0 Å². The normalized spacial score (nSPS) is 12.5. The number of hydrogen-bond acceptors (Lipinski definition) is 4. The number of rotatable bonds is 5. The summed E-state index contributed by atoms with van der Waals surface area (Å²) in [5, 5.41) is 3.92. The van der Waals surface area contributed by atoms with Crippen LogP contribution in [0.4, 0.5) is 0 Å². The van der Waals surface area contributed by atoms with Crippen molar-refractivity contribution in [1.29, 1.82) is 0 Å². The number of thiazole rings is 1. The highest BCUT2D eigenvalue weighted by atomic mass is 32.1. The standard InChI is InChI=1S/C25H20N4OS/c1-29-20-13-7-5-11-18(20)27-25(29)24(17-9-3-2-4-10-17)28-22(30)15-16-23-26-19-12-6-8-14-21(19)31-23/h2-16,24H,1H3,(H,28,30)/b16-15+. The van der Waals surface area contributed by atoms with Crippen LogP contribution >= 0.6 is 11.3 Å². The van der Waals surface area contributed by atoms with Crippen LogP contribution in [0, 0.1) is 0 Å². The zero-order valence-corrected chi connectivity index (χ0v) is 17.7. The Labute approximate surface area is 183 Å². The first-order chi connectivity index (χ1) is 15.2. The molecule has 5 rings (SSSR count). The Kier molecular flexibility index (Phi) is 5.06. The number of amides is 1. The maximum atomic E-state index is 12.9. The quantitative estimate of drug-likeness (QED) is 0.399. The fraction of sp³-hybridized carbons (Fsp3) is 0.0800. The third kappa shape index (κ3) is 3.85. The van der Waals surface area contributed by atoms with Crippen LogP contribution in [0.3, 0.4) is 0 Å². The second-order valence-corrected chi connectivity index (χ2v) is 8.29. The van der Waals surface area contributed by atoms with Crippen molar-refractivity contribution in [1.82, 2.24) is 19.9 Å². The van der Waals surface area contributed by atoms with Crippen molar-refractivity contribution in [3.05, 3.63) is 101 Å². The molecule has 1 unspecified atom stereocenters. The van der Waals surface area contributed by atoms with Gasteiger partial charge in [-0.25, -0.2) is 9.97 Å². The largest absolute Gasteiger partial charge is 0.339 e. The number of nitrogens with zero attached hydrogens (tertiary/aromatic N) is 3. The van der Waals surface area contributed by atoms with Crippen molar-refractivity contribution in [2.45, 2.75) is 6.04 Å². The molecule has 1 N–H and O–H groups in total. The minimum Gasteiger partial charge on any atom is -0.339 e. The van der Waals surface area contributed by atoms with Crippen molar-refractivity contribution < 1.29 is 4.79 Å². The first-order valence-electron chi connectivity index (χ1n) is 9.99. The number of fused-ring (bicyclic) bond motifs is 2. The average Bonchev–Trinajstić information content (AvgIpc) is 3.37. The number of nitrogens with one attached hydrogen (secondary N) is 1. The van der Waals surface area contributed by atoms with Gasteiger partial charge < -0.3 is 9.88 Å². The van der Waals surface area contributed by atoms with Gasteiger partial charge in [0.15, 0.2) is 0 Å². The van der Waals surface area contributed by atoms with Gasteiger partial charge in [-0.3, -0.25) is 4.79 Å². The first-order valence-corrected chi connectivity index (χ1v) is 10.8. The Hall–Kier alpha value is -3.77. The summed E-state index contributed by atoms with van der Waals surface area (Å²) in [6.07, 6.45) is 3.30. The summed E-state index contributed by atoms with van der Waals surface area (Å²) in [6.45, 7) is 0. The highest BCUT2D eigenvalue weighted by molar-refractivity contribution is 7.19. The lowest BCUT2D eigenvalue weighted by atomic mass is 10.1. The van der Waals surface area contributed by atoms with Crippen molar-refractivity contribution in [2.24, 2.45) is 7.05 Å². The molecule has 0 radical (unpaired) electrons. The van der Waals surface area contributed by atoms with Gasteiger partial charge in [0.2, 0.25) is 5.91 Å². The molecule has 5 aromatic rings. The van der Waals surface area contributed by atoms with Gasteiger partial charge in [-0.05, 0) is 35.9 Å². The van der Waals surface area contributed by atoms with Crippen LogP contribution in [0.15, 0.2) is 84.9 Å². The van der Waals surface area contributed by atoms with E-state index in [4.69, 9.17) is 4.98 Å². The van der Waals surface area contributed by atoms with Crippen LogP contribution in [0.25, 0.3) is 27.3 Å². The maximum Gasteiger partial charge on any atom is 0.244 e. The number of aryl methyl sites for hydroxylation is 1. The third-order valence-electron chi connectivity index (χ3n) is 5.19. The van der Waals surface area contributed by atoms with Crippen molar-refractivity contribution in [3.8, 4) is 0 Å². The molecule has 2 aromatic heterocycles. The Bertz CT molecular complexity index is 1370. The van der Waals surface area contributed by atoms with E-state index in [-0.39, 0.29) is 11.9 Å². The zero-order valence-electron chi connectivity index (χ0n) is 16.9. The van der Waals surface area contributed by atoms with Crippen LogP contribution < -0.4 is 5.32 Å². The van der Waals surface area contributed by atoms with E-state index >= 15 is 0 Å². The summed E-state index contributed by atoms with van der Waals surface area (Å²) in [5.41, 5.74) is 3.84.